The van der Waals surface area contributed by atoms with Crippen molar-refractivity contribution in [3.05, 3.63) is 22.7 Å². The van der Waals surface area contributed by atoms with Gasteiger partial charge >= 0.3 is 0 Å². The van der Waals surface area contributed by atoms with Crippen molar-refractivity contribution in [2.24, 2.45) is 0 Å². The first-order chi connectivity index (χ1) is 10.9. The zero-order valence-electron chi connectivity index (χ0n) is 14.6. The molecule has 0 aromatic heterocycles. The lowest BCUT2D eigenvalue weighted by molar-refractivity contribution is 0.179. The second-order valence-electron chi connectivity index (χ2n) is 6.19. The molecule has 1 aromatic carbocycles. The fourth-order valence-electron chi connectivity index (χ4n) is 2.42. The molecule has 6 nitrogen and oxygen atoms in total. The van der Waals surface area contributed by atoms with Gasteiger partial charge in [0.25, 0.3) is 0 Å². The number of hydrogen-bond donors (Lipinski definition) is 1. The molecule has 1 N–H and O–H groups in total. The summed E-state index contributed by atoms with van der Waals surface area (Å²) in [4.78, 5) is 2.06. The SMILES string of the molecule is CC(C)N(CCNS(=O)(=O)c1cc(S(C)(=O)=O)ccc1Br)C(C)C. The van der Waals surface area contributed by atoms with Crippen LogP contribution in [0.5, 0.6) is 0 Å². The molecule has 0 atom stereocenters. The number of nitrogens with zero attached hydrogens (tertiary/aromatic N) is 1. The van der Waals surface area contributed by atoms with Crippen LogP contribution >= 0.6 is 15.9 Å². The molecule has 0 fully saturated rings. The summed E-state index contributed by atoms with van der Waals surface area (Å²) in [5, 5.41) is 0. The van der Waals surface area contributed by atoms with Crippen LogP contribution in [0.25, 0.3) is 0 Å². The smallest absolute Gasteiger partial charge is 0.241 e. The molecule has 24 heavy (non-hydrogen) atoms. The summed E-state index contributed by atoms with van der Waals surface area (Å²) >= 11 is 3.18. The van der Waals surface area contributed by atoms with E-state index in [-0.39, 0.29) is 16.3 Å². The predicted molar refractivity (Wildman–Crippen MR) is 99.4 cm³/mol. The number of halogens is 1. The Hall–Kier alpha value is -0.480. The third-order valence-corrected chi connectivity index (χ3v) is 7.17. The maximum absolute atomic E-state index is 12.5. The van der Waals surface area contributed by atoms with E-state index in [0.717, 1.165) is 6.26 Å². The van der Waals surface area contributed by atoms with Crippen molar-refractivity contribution in [3.63, 3.8) is 0 Å². The lowest BCUT2D eigenvalue weighted by Gasteiger charge is -2.30. The molecule has 0 aliphatic carbocycles. The van der Waals surface area contributed by atoms with Gasteiger partial charge in [-0.2, -0.15) is 0 Å². The molecule has 0 unspecified atom stereocenters. The Morgan fingerprint density at radius 3 is 2.08 bits per heavy atom. The Morgan fingerprint density at radius 1 is 1.08 bits per heavy atom. The number of sulfone groups is 1. The summed E-state index contributed by atoms with van der Waals surface area (Å²) in [5.41, 5.74) is 0. The molecule has 0 saturated heterocycles. The number of rotatable bonds is 8. The van der Waals surface area contributed by atoms with E-state index in [0.29, 0.717) is 23.1 Å². The molecule has 0 aliphatic heterocycles. The average Bonchev–Trinajstić information content (AvgIpc) is 2.41. The Kier molecular flexibility index (Phi) is 7.43. The van der Waals surface area contributed by atoms with Gasteiger partial charge in [0.1, 0.15) is 0 Å². The molecule has 0 spiro atoms. The molecular formula is C15H25BrN2O4S2. The van der Waals surface area contributed by atoms with E-state index in [1.807, 2.05) is 0 Å². The largest absolute Gasteiger partial charge is 0.297 e. The first-order valence-corrected chi connectivity index (χ1v) is 11.8. The van der Waals surface area contributed by atoms with Gasteiger partial charge in [0.2, 0.25) is 10.0 Å². The minimum absolute atomic E-state index is 0.0305. The van der Waals surface area contributed by atoms with Gasteiger partial charge in [-0.3, -0.25) is 4.90 Å². The first-order valence-electron chi connectivity index (χ1n) is 7.61. The van der Waals surface area contributed by atoms with Gasteiger partial charge in [0.05, 0.1) is 9.79 Å². The van der Waals surface area contributed by atoms with Crippen LogP contribution in [-0.4, -0.2) is 53.2 Å². The number of hydrogen-bond acceptors (Lipinski definition) is 5. The third-order valence-electron chi connectivity index (χ3n) is 3.61. The van der Waals surface area contributed by atoms with Crippen molar-refractivity contribution < 1.29 is 16.8 Å². The first kappa shape index (κ1) is 21.6. The van der Waals surface area contributed by atoms with Crippen LogP contribution in [0.4, 0.5) is 0 Å². The van der Waals surface area contributed by atoms with Gasteiger partial charge in [-0.25, -0.2) is 21.6 Å². The van der Waals surface area contributed by atoms with E-state index >= 15 is 0 Å². The Morgan fingerprint density at radius 2 is 1.62 bits per heavy atom. The standard InChI is InChI=1S/C15H25BrN2O4S2/c1-11(2)18(12(3)4)9-8-17-24(21,22)15-10-13(23(5,19)20)6-7-14(15)16/h6-7,10-12,17H,8-9H2,1-5H3. The molecule has 9 heteroatoms. The summed E-state index contributed by atoms with van der Waals surface area (Å²) in [5.74, 6) is 0. The highest BCUT2D eigenvalue weighted by Crippen LogP contribution is 2.25. The predicted octanol–water partition coefficient (Wildman–Crippen LogP) is 2.25. The van der Waals surface area contributed by atoms with Crippen LogP contribution in [-0.2, 0) is 19.9 Å². The summed E-state index contributed by atoms with van der Waals surface area (Å²) in [6, 6.07) is 4.58. The Labute approximate surface area is 153 Å². The fraction of sp³-hybridized carbons (Fsp3) is 0.600. The number of nitrogens with one attached hydrogen (secondary N) is 1. The molecule has 0 radical (unpaired) electrons. The van der Waals surface area contributed by atoms with Crippen molar-refractivity contribution in [2.75, 3.05) is 19.3 Å². The van der Waals surface area contributed by atoms with E-state index < -0.39 is 19.9 Å². The average molecular weight is 441 g/mol. The Bertz CT molecular complexity index is 767. The van der Waals surface area contributed by atoms with Gasteiger partial charge in [-0.1, -0.05) is 0 Å². The van der Waals surface area contributed by atoms with Gasteiger partial charge in [0, 0.05) is 35.9 Å². The van der Waals surface area contributed by atoms with E-state index in [2.05, 4.69) is 53.2 Å². The van der Waals surface area contributed by atoms with E-state index in [4.69, 9.17) is 0 Å². The molecule has 0 heterocycles. The molecule has 0 bridgehead atoms. The van der Waals surface area contributed by atoms with Crippen LogP contribution in [0.2, 0.25) is 0 Å². The van der Waals surface area contributed by atoms with E-state index in [1.54, 1.807) is 0 Å². The van der Waals surface area contributed by atoms with Gasteiger partial charge in [0.15, 0.2) is 9.84 Å². The topological polar surface area (TPSA) is 83.6 Å². The van der Waals surface area contributed by atoms with Crippen LogP contribution in [0.1, 0.15) is 27.7 Å². The van der Waals surface area contributed by atoms with Crippen LogP contribution in [0, 0.1) is 0 Å². The second-order valence-corrected chi connectivity index (χ2v) is 10.8. The summed E-state index contributed by atoms with van der Waals surface area (Å²) in [6.45, 7) is 9.04. The Balaban J connectivity index is 2.97. The maximum atomic E-state index is 12.5. The second kappa shape index (κ2) is 8.27. The molecule has 0 amide bonds. The molecule has 138 valence electrons. The molecule has 0 saturated carbocycles. The molecular weight excluding hydrogens is 416 g/mol. The van der Waals surface area contributed by atoms with Crippen LogP contribution < -0.4 is 4.72 Å². The van der Waals surface area contributed by atoms with Crippen molar-refractivity contribution in [1.29, 1.82) is 0 Å². The lowest BCUT2D eigenvalue weighted by atomic mass is 10.2. The lowest BCUT2D eigenvalue weighted by Crippen LogP contribution is -2.42. The zero-order valence-corrected chi connectivity index (χ0v) is 17.8. The van der Waals surface area contributed by atoms with E-state index in [9.17, 15) is 16.8 Å². The summed E-state index contributed by atoms with van der Waals surface area (Å²) < 4.78 is 51.1. The summed E-state index contributed by atoms with van der Waals surface area (Å²) in [6.07, 6.45) is 1.04. The number of benzene rings is 1. The minimum Gasteiger partial charge on any atom is -0.297 e. The van der Waals surface area contributed by atoms with Crippen molar-refractivity contribution in [1.82, 2.24) is 9.62 Å². The molecule has 1 rings (SSSR count). The van der Waals surface area contributed by atoms with Gasteiger partial charge in [-0.05, 0) is 61.8 Å². The van der Waals surface area contributed by atoms with Gasteiger partial charge in [-0.15, -0.1) is 0 Å². The van der Waals surface area contributed by atoms with Gasteiger partial charge < -0.3 is 0 Å². The van der Waals surface area contributed by atoms with Crippen molar-refractivity contribution >= 4 is 35.8 Å². The highest BCUT2D eigenvalue weighted by atomic mass is 79.9. The van der Waals surface area contributed by atoms with Crippen molar-refractivity contribution in [3.8, 4) is 0 Å². The molecule has 0 aliphatic rings. The molecule has 1 aromatic rings. The normalized spacial score (nSPS) is 13.2. The van der Waals surface area contributed by atoms with Crippen molar-refractivity contribution in [2.45, 2.75) is 49.6 Å². The zero-order chi connectivity index (χ0) is 18.7. The summed E-state index contributed by atoms with van der Waals surface area (Å²) in [7, 11) is -7.29. The minimum atomic E-state index is -3.81. The number of sulfonamides is 1. The van der Waals surface area contributed by atoms with Crippen LogP contribution in [0.3, 0.4) is 0 Å². The highest BCUT2D eigenvalue weighted by molar-refractivity contribution is 9.10. The fourth-order valence-corrected chi connectivity index (χ4v) is 5.15. The van der Waals surface area contributed by atoms with Crippen LogP contribution in [0.15, 0.2) is 32.5 Å². The highest BCUT2D eigenvalue weighted by Gasteiger charge is 2.21. The maximum Gasteiger partial charge on any atom is 0.241 e. The third kappa shape index (κ3) is 5.80. The quantitative estimate of drug-likeness (QED) is 0.669. The monoisotopic (exact) mass is 440 g/mol. The van der Waals surface area contributed by atoms with E-state index in [1.165, 1.54) is 18.2 Å².